The molecule has 1 atom stereocenters. The molecule has 0 spiro atoms. The third-order valence-corrected chi connectivity index (χ3v) is 1.95. The van der Waals surface area contributed by atoms with Crippen LogP contribution in [0.15, 0.2) is 0 Å². The van der Waals surface area contributed by atoms with E-state index < -0.39 is 11.4 Å². The number of hydrogen-bond donors (Lipinski definition) is 0. The highest BCUT2D eigenvalue weighted by Crippen LogP contribution is 2.19. The van der Waals surface area contributed by atoms with Crippen LogP contribution in [0.5, 0.6) is 0 Å². The molecule has 1 aliphatic heterocycles. The van der Waals surface area contributed by atoms with Crippen LogP contribution >= 0.6 is 0 Å². The maximum absolute atomic E-state index is 11.4. The van der Waals surface area contributed by atoms with Gasteiger partial charge in [-0.25, -0.2) is 0 Å². The molecule has 0 aliphatic carbocycles. The Kier molecular flexibility index (Phi) is 2.89. The van der Waals surface area contributed by atoms with E-state index in [1.165, 1.54) is 0 Å². The number of ether oxygens (including phenoxy) is 2. The Balaban J connectivity index is 2.45. The molecule has 0 bridgehead atoms. The summed E-state index contributed by atoms with van der Waals surface area (Å²) in [5, 5.41) is 8.66. The maximum Gasteiger partial charge on any atom is 0.326 e. The number of nitriles is 1. The minimum Gasteiger partial charge on any atom is -0.459 e. The SMILES string of the molecule is CC(C)(C#N)C(=O)O[C@@H]1CCOC1. The van der Waals surface area contributed by atoms with E-state index in [-0.39, 0.29) is 6.10 Å². The number of hydrogen-bond acceptors (Lipinski definition) is 4. The minimum absolute atomic E-state index is 0.167. The van der Waals surface area contributed by atoms with E-state index in [2.05, 4.69) is 0 Å². The fourth-order valence-electron chi connectivity index (χ4n) is 0.950. The first-order valence-electron chi connectivity index (χ1n) is 4.26. The largest absolute Gasteiger partial charge is 0.459 e. The average Bonchev–Trinajstić information content (AvgIpc) is 2.57. The third-order valence-electron chi connectivity index (χ3n) is 1.95. The third kappa shape index (κ3) is 2.43. The second-order valence-corrected chi connectivity index (χ2v) is 3.63. The van der Waals surface area contributed by atoms with Crippen LogP contribution in [0.3, 0.4) is 0 Å². The normalized spacial score (nSPS) is 22.4. The Labute approximate surface area is 77.4 Å². The molecule has 0 aromatic heterocycles. The van der Waals surface area contributed by atoms with Gasteiger partial charge in [0.15, 0.2) is 0 Å². The molecule has 1 heterocycles. The highest BCUT2D eigenvalue weighted by atomic mass is 16.6. The van der Waals surface area contributed by atoms with Crippen molar-refractivity contribution in [3.63, 3.8) is 0 Å². The van der Waals surface area contributed by atoms with E-state index in [1.54, 1.807) is 13.8 Å². The zero-order chi connectivity index (χ0) is 9.90. The Morgan fingerprint density at radius 3 is 2.85 bits per heavy atom. The molecular formula is C9H13NO3. The summed E-state index contributed by atoms with van der Waals surface area (Å²) in [6.07, 6.45) is 0.563. The predicted octanol–water partition coefficient (Wildman–Crippen LogP) is 0.868. The van der Waals surface area contributed by atoms with Gasteiger partial charge in [0.1, 0.15) is 11.5 Å². The predicted molar refractivity (Wildman–Crippen MR) is 44.7 cm³/mol. The van der Waals surface area contributed by atoms with Gasteiger partial charge in [-0.15, -0.1) is 0 Å². The monoisotopic (exact) mass is 183 g/mol. The summed E-state index contributed by atoms with van der Waals surface area (Å²) in [5.74, 6) is -0.467. The molecule has 0 unspecified atom stereocenters. The minimum atomic E-state index is -1.05. The van der Waals surface area contributed by atoms with Gasteiger partial charge >= 0.3 is 5.97 Å². The van der Waals surface area contributed by atoms with Crippen LogP contribution in [0, 0.1) is 16.7 Å². The van der Waals surface area contributed by atoms with Crippen molar-refractivity contribution in [3.05, 3.63) is 0 Å². The smallest absolute Gasteiger partial charge is 0.326 e. The van der Waals surface area contributed by atoms with Crippen LogP contribution in [-0.4, -0.2) is 25.3 Å². The molecular weight excluding hydrogens is 170 g/mol. The van der Waals surface area contributed by atoms with Crippen molar-refractivity contribution >= 4 is 5.97 Å². The quantitative estimate of drug-likeness (QED) is 0.596. The second kappa shape index (κ2) is 3.75. The van der Waals surface area contributed by atoms with E-state index in [0.29, 0.717) is 13.2 Å². The van der Waals surface area contributed by atoms with Crippen molar-refractivity contribution in [1.82, 2.24) is 0 Å². The highest BCUT2D eigenvalue weighted by Gasteiger charge is 2.32. The first-order valence-corrected chi connectivity index (χ1v) is 4.26. The van der Waals surface area contributed by atoms with Gasteiger partial charge in [-0.1, -0.05) is 0 Å². The van der Waals surface area contributed by atoms with Crippen molar-refractivity contribution in [2.24, 2.45) is 5.41 Å². The van der Waals surface area contributed by atoms with Crippen LogP contribution in [0.25, 0.3) is 0 Å². The molecule has 4 heteroatoms. The lowest BCUT2D eigenvalue weighted by Crippen LogP contribution is -2.29. The Morgan fingerprint density at radius 1 is 1.69 bits per heavy atom. The number of esters is 1. The lowest BCUT2D eigenvalue weighted by Gasteiger charge is -2.17. The van der Waals surface area contributed by atoms with Crippen LogP contribution < -0.4 is 0 Å². The van der Waals surface area contributed by atoms with Gasteiger partial charge in [0, 0.05) is 6.42 Å². The van der Waals surface area contributed by atoms with E-state index >= 15 is 0 Å². The van der Waals surface area contributed by atoms with Gasteiger partial charge in [-0.2, -0.15) is 5.26 Å². The topological polar surface area (TPSA) is 59.3 Å². The zero-order valence-corrected chi connectivity index (χ0v) is 7.87. The molecule has 0 saturated carbocycles. The molecule has 72 valence electrons. The number of carbonyl (C=O) groups is 1. The first-order chi connectivity index (χ1) is 6.06. The van der Waals surface area contributed by atoms with Gasteiger partial charge < -0.3 is 9.47 Å². The van der Waals surface area contributed by atoms with Gasteiger partial charge in [0.25, 0.3) is 0 Å². The van der Waals surface area contributed by atoms with E-state index in [4.69, 9.17) is 14.7 Å². The lowest BCUT2D eigenvalue weighted by molar-refractivity contribution is -0.156. The second-order valence-electron chi connectivity index (χ2n) is 3.63. The number of rotatable bonds is 2. The average molecular weight is 183 g/mol. The van der Waals surface area contributed by atoms with Gasteiger partial charge in [0.2, 0.25) is 0 Å². The molecule has 0 amide bonds. The summed E-state index contributed by atoms with van der Waals surface area (Å²) in [7, 11) is 0. The molecule has 4 nitrogen and oxygen atoms in total. The summed E-state index contributed by atoms with van der Waals surface area (Å²) in [5.41, 5.74) is -1.05. The van der Waals surface area contributed by atoms with Crippen molar-refractivity contribution < 1.29 is 14.3 Å². The summed E-state index contributed by atoms with van der Waals surface area (Å²) >= 11 is 0. The number of carbonyl (C=O) groups excluding carboxylic acids is 1. The summed E-state index contributed by atoms with van der Waals surface area (Å²) in [6, 6.07) is 1.90. The standard InChI is InChI=1S/C9H13NO3/c1-9(2,6-10)8(11)13-7-3-4-12-5-7/h7H,3-5H2,1-2H3/t7-/m1/s1. The Morgan fingerprint density at radius 2 is 2.38 bits per heavy atom. The molecule has 1 fully saturated rings. The highest BCUT2D eigenvalue weighted by molar-refractivity contribution is 5.79. The summed E-state index contributed by atoms with van der Waals surface area (Å²) in [4.78, 5) is 11.4. The van der Waals surface area contributed by atoms with Gasteiger partial charge in [-0.05, 0) is 13.8 Å². The van der Waals surface area contributed by atoms with Crippen LogP contribution in [-0.2, 0) is 14.3 Å². The first kappa shape index (κ1) is 10.0. The van der Waals surface area contributed by atoms with E-state index in [9.17, 15) is 4.79 Å². The molecule has 0 aromatic rings. The van der Waals surface area contributed by atoms with Crippen molar-refractivity contribution in [1.29, 1.82) is 5.26 Å². The van der Waals surface area contributed by atoms with Crippen molar-refractivity contribution in [2.45, 2.75) is 26.4 Å². The summed E-state index contributed by atoms with van der Waals surface area (Å²) < 4.78 is 10.1. The molecule has 13 heavy (non-hydrogen) atoms. The van der Waals surface area contributed by atoms with E-state index in [1.807, 2.05) is 6.07 Å². The fraction of sp³-hybridized carbons (Fsp3) is 0.778. The van der Waals surface area contributed by atoms with Crippen molar-refractivity contribution in [3.8, 4) is 6.07 Å². The van der Waals surface area contributed by atoms with Gasteiger partial charge in [0.05, 0.1) is 19.3 Å². The lowest BCUT2D eigenvalue weighted by atomic mass is 9.96. The van der Waals surface area contributed by atoms with Crippen molar-refractivity contribution in [2.75, 3.05) is 13.2 Å². The summed E-state index contributed by atoms with van der Waals surface area (Å²) in [6.45, 7) is 4.18. The molecule has 1 rings (SSSR count). The van der Waals surface area contributed by atoms with Crippen LogP contribution in [0.4, 0.5) is 0 Å². The molecule has 0 radical (unpaired) electrons. The molecule has 1 aliphatic rings. The van der Waals surface area contributed by atoms with Gasteiger partial charge in [-0.3, -0.25) is 4.79 Å². The maximum atomic E-state index is 11.4. The van der Waals surface area contributed by atoms with E-state index in [0.717, 1.165) is 6.42 Å². The molecule has 1 saturated heterocycles. The molecule has 0 aromatic carbocycles. The zero-order valence-electron chi connectivity index (χ0n) is 7.87. The molecule has 0 N–H and O–H groups in total. The van der Waals surface area contributed by atoms with Crippen LogP contribution in [0.1, 0.15) is 20.3 Å². The number of nitrogens with zero attached hydrogens (tertiary/aromatic N) is 1. The fourth-order valence-corrected chi connectivity index (χ4v) is 0.950. The Bertz CT molecular complexity index is 236. The van der Waals surface area contributed by atoms with Crippen LogP contribution in [0.2, 0.25) is 0 Å². The Hall–Kier alpha value is -1.08.